The van der Waals surface area contributed by atoms with E-state index in [1.54, 1.807) is 6.08 Å². The minimum absolute atomic E-state index is 0.0180. The summed E-state index contributed by atoms with van der Waals surface area (Å²) >= 11 is 0. The monoisotopic (exact) mass is 260 g/mol. The molecule has 2 nitrogen and oxygen atoms in total. The molecule has 1 heterocycles. The first-order valence-corrected chi connectivity index (χ1v) is 7.05. The Hall–Kier alpha value is -1.15. The number of rotatable bonds is 4. The molecule has 0 aromatic rings. The highest BCUT2D eigenvalue weighted by atomic mass is 16.6. The Morgan fingerprint density at radius 2 is 1.89 bits per heavy atom. The average molecular weight is 260 g/mol. The highest BCUT2D eigenvalue weighted by molar-refractivity contribution is 5.65. The van der Waals surface area contributed by atoms with Crippen LogP contribution in [-0.2, 0) is 9.53 Å². The first kappa shape index (κ1) is 14.3. The molecule has 0 bridgehead atoms. The van der Waals surface area contributed by atoms with Crippen LogP contribution in [0.5, 0.6) is 0 Å². The van der Waals surface area contributed by atoms with Crippen LogP contribution in [0.3, 0.4) is 0 Å². The number of epoxide rings is 1. The molecule has 0 amide bonds. The number of carbonyl (C=O) groups excluding carboxylic acids is 1. The lowest BCUT2D eigenvalue weighted by atomic mass is 9.64. The van der Waals surface area contributed by atoms with E-state index < -0.39 is 0 Å². The van der Waals surface area contributed by atoms with E-state index in [0.717, 1.165) is 18.3 Å². The average Bonchev–Trinajstić information content (AvgIpc) is 2.95. The molecule has 2 aliphatic rings. The Bertz CT molecular complexity index is 456. The fourth-order valence-electron chi connectivity index (χ4n) is 3.47. The van der Waals surface area contributed by atoms with Crippen LogP contribution in [0.4, 0.5) is 0 Å². The Morgan fingerprint density at radius 3 is 2.53 bits per heavy atom. The zero-order valence-corrected chi connectivity index (χ0v) is 12.4. The van der Waals surface area contributed by atoms with Crippen molar-refractivity contribution in [2.45, 2.75) is 58.2 Å². The summed E-state index contributed by atoms with van der Waals surface area (Å²) < 4.78 is 6.16. The molecule has 0 aromatic carbocycles. The smallest absolute Gasteiger partial charge is 0.142 e. The number of aldehydes is 1. The van der Waals surface area contributed by atoms with Crippen LogP contribution in [0.2, 0.25) is 0 Å². The van der Waals surface area contributed by atoms with E-state index in [4.69, 9.17) is 4.74 Å². The van der Waals surface area contributed by atoms with Crippen LogP contribution in [0.15, 0.2) is 36.0 Å². The summed E-state index contributed by atoms with van der Waals surface area (Å²) in [6, 6.07) is 0. The second-order valence-electron chi connectivity index (χ2n) is 6.57. The van der Waals surface area contributed by atoms with Crippen molar-refractivity contribution in [1.29, 1.82) is 0 Å². The molecule has 0 spiro atoms. The van der Waals surface area contributed by atoms with Crippen molar-refractivity contribution in [2.24, 2.45) is 5.41 Å². The minimum Gasteiger partial charge on any atom is -0.358 e. The topological polar surface area (TPSA) is 29.6 Å². The largest absolute Gasteiger partial charge is 0.358 e. The third-order valence-corrected chi connectivity index (χ3v) is 4.72. The fourth-order valence-corrected chi connectivity index (χ4v) is 3.47. The molecule has 19 heavy (non-hydrogen) atoms. The van der Waals surface area contributed by atoms with Crippen LogP contribution in [0, 0.1) is 5.41 Å². The van der Waals surface area contributed by atoms with Gasteiger partial charge in [-0.15, -0.1) is 0 Å². The van der Waals surface area contributed by atoms with Gasteiger partial charge < -0.3 is 4.74 Å². The summed E-state index contributed by atoms with van der Waals surface area (Å²) in [6.07, 6.45) is 13.9. The van der Waals surface area contributed by atoms with Crippen molar-refractivity contribution in [3.63, 3.8) is 0 Å². The molecule has 2 atom stereocenters. The lowest BCUT2D eigenvalue weighted by Gasteiger charge is -2.36. The van der Waals surface area contributed by atoms with Gasteiger partial charge in [-0.3, -0.25) is 4.79 Å². The highest BCUT2D eigenvalue weighted by Crippen LogP contribution is 2.66. The van der Waals surface area contributed by atoms with E-state index in [1.807, 2.05) is 13.0 Å². The van der Waals surface area contributed by atoms with Crippen molar-refractivity contribution in [2.75, 3.05) is 0 Å². The molecule has 0 aromatic heterocycles. The van der Waals surface area contributed by atoms with Gasteiger partial charge in [0.15, 0.2) is 0 Å². The van der Waals surface area contributed by atoms with E-state index in [2.05, 4.69) is 32.9 Å². The quantitative estimate of drug-likeness (QED) is 0.331. The number of allylic oxidation sites excluding steroid dienone is 5. The molecule has 2 rings (SSSR count). The van der Waals surface area contributed by atoms with Gasteiger partial charge in [0.2, 0.25) is 0 Å². The Kier molecular flexibility index (Phi) is 3.57. The van der Waals surface area contributed by atoms with Gasteiger partial charge >= 0.3 is 0 Å². The number of fused-ring (bicyclic) bond motifs is 1. The Morgan fingerprint density at radius 1 is 1.16 bits per heavy atom. The predicted molar refractivity (Wildman–Crippen MR) is 78.0 cm³/mol. The van der Waals surface area contributed by atoms with Crippen LogP contribution >= 0.6 is 0 Å². The van der Waals surface area contributed by atoms with Crippen molar-refractivity contribution in [1.82, 2.24) is 0 Å². The molecular weight excluding hydrogens is 236 g/mol. The SMILES string of the molecule is CC(/C=C/C12OC1(C)CCCC2(C)C)=C\C=C\C=O. The maximum atomic E-state index is 10.2. The first-order valence-electron chi connectivity index (χ1n) is 7.05. The van der Waals surface area contributed by atoms with Crippen LogP contribution < -0.4 is 0 Å². The van der Waals surface area contributed by atoms with Crippen LogP contribution in [0.25, 0.3) is 0 Å². The first-order chi connectivity index (χ1) is 8.87. The Balaban J connectivity index is 2.16. The van der Waals surface area contributed by atoms with Crippen molar-refractivity contribution >= 4 is 6.29 Å². The van der Waals surface area contributed by atoms with Crippen molar-refractivity contribution < 1.29 is 9.53 Å². The van der Waals surface area contributed by atoms with E-state index in [9.17, 15) is 4.79 Å². The summed E-state index contributed by atoms with van der Waals surface area (Å²) in [5.41, 5.74) is 1.23. The van der Waals surface area contributed by atoms with Gasteiger partial charge in [0.25, 0.3) is 0 Å². The third-order valence-electron chi connectivity index (χ3n) is 4.72. The molecule has 2 unspecified atom stereocenters. The normalized spacial score (nSPS) is 37.6. The lowest BCUT2D eigenvalue weighted by molar-refractivity contribution is -0.104. The van der Waals surface area contributed by atoms with E-state index >= 15 is 0 Å². The molecular formula is C17H24O2. The number of carbonyl (C=O) groups is 1. The maximum Gasteiger partial charge on any atom is 0.142 e. The standard InChI is InChI=1S/C17H24O2/c1-14(8-5-6-13-18)9-12-17-15(2,3)10-7-11-16(17,4)19-17/h5-6,8-9,12-13H,7,10-11H2,1-4H3/b6-5+,12-9+,14-8+. The molecule has 1 saturated heterocycles. The number of hydrogen-bond acceptors (Lipinski definition) is 2. The van der Waals surface area contributed by atoms with Gasteiger partial charge in [-0.1, -0.05) is 37.6 Å². The van der Waals surface area contributed by atoms with Gasteiger partial charge in [0.1, 0.15) is 11.9 Å². The lowest BCUT2D eigenvalue weighted by Crippen LogP contribution is -2.41. The zero-order chi connectivity index (χ0) is 14.1. The molecule has 104 valence electrons. The molecule has 0 N–H and O–H groups in total. The van der Waals surface area contributed by atoms with Crippen LogP contribution in [-0.4, -0.2) is 17.5 Å². The van der Waals surface area contributed by atoms with Gasteiger partial charge in [-0.2, -0.15) is 0 Å². The molecule has 1 aliphatic heterocycles. The summed E-state index contributed by atoms with van der Waals surface area (Å²) in [5.74, 6) is 0. The number of ether oxygens (including phenoxy) is 1. The van der Waals surface area contributed by atoms with Gasteiger partial charge in [-0.25, -0.2) is 0 Å². The molecule has 1 saturated carbocycles. The second-order valence-corrected chi connectivity index (χ2v) is 6.57. The zero-order valence-electron chi connectivity index (χ0n) is 12.4. The summed E-state index contributed by atoms with van der Waals surface area (Å²) in [6.45, 7) is 8.86. The van der Waals surface area contributed by atoms with Gasteiger partial charge in [0.05, 0.1) is 5.60 Å². The summed E-state index contributed by atoms with van der Waals surface area (Å²) in [7, 11) is 0. The third kappa shape index (κ3) is 2.34. The van der Waals surface area contributed by atoms with E-state index in [0.29, 0.717) is 0 Å². The van der Waals surface area contributed by atoms with E-state index in [1.165, 1.54) is 18.9 Å². The van der Waals surface area contributed by atoms with Gasteiger partial charge in [0, 0.05) is 5.41 Å². The predicted octanol–water partition coefficient (Wildman–Crippen LogP) is 3.98. The second kappa shape index (κ2) is 4.75. The van der Waals surface area contributed by atoms with Crippen molar-refractivity contribution in [3.05, 3.63) is 36.0 Å². The minimum atomic E-state index is -0.109. The molecule has 2 heteroatoms. The van der Waals surface area contributed by atoms with Crippen LogP contribution in [0.1, 0.15) is 47.0 Å². The van der Waals surface area contributed by atoms with Gasteiger partial charge in [-0.05, 0) is 45.3 Å². The van der Waals surface area contributed by atoms with E-state index in [-0.39, 0.29) is 16.6 Å². The summed E-state index contributed by atoms with van der Waals surface area (Å²) in [5, 5.41) is 0. The van der Waals surface area contributed by atoms with Crippen molar-refractivity contribution in [3.8, 4) is 0 Å². The fraction of sp³-hybridized carbons (Fsp3) is 0.588. The highest BCUT2D eigenvalue weighted by Gasteiger charge is 2.72. The Labute approximate surface area is 116 Å². The molecule has 2 fully saturated rings. The number of hydrogen-bond donors (Lipinski definition) is 0. The maximum absolute atomic E-state index is 10.2. The molecule has 0 radical (unpaired) electrons. The summed E-state index contributed by atoms with van der Waals surface area (Å²) in [4.78, 5) is 10.2. The molecule has 1 aliphatic carbocycles.